The van der Waals surface area contributed by atoms with E-state index in [2.05, 4.69) is 21.4 Å². The van der Waals surface area contributed by atoms with Crippen molar-refractivity contribution in [1.82, 2.24) is 14.5 Å². The molecule has 2 heterocycles. The van der Waals surface area contributed by atoms with Gasteiger partial charge in [-0.25, -0.2) is 4.98 Å². The Morgan fingerprint density at radius 1 is 1.42 bits per heavy atom. The molecule has 1 aliphatic heterocycles. The van der Waals surface area contributed by atoms with Gasteiger partial charge in [0.2, 0.25) is 0 Å². The summed E-state index contributed by atoms with van der Waals surface area (Å²) in [5.74, 6) is 1.38. The fourth-order valence-electron chi connectivity index (χ4n) is 3.52. The van der Waals surface area contributed by atoms with Gasteiger partial charge in [0.15, 0.2) is 5.78 Å². The average Bonchev–Trinajstić information content (AvgIpc) is 3.01. The van der Waals surface area contributed by atoms with E-state index in [1.54, 1.807) is 6.07 Å². The molecule has 1 aromatic carbocycles. The summed E-state index contributed by atoms with van der Waals surface area (Å²) in [4.78, 5) is 19.7. The Bertz CT molecular complexity index is 725. The summed E-state index contributed by atoms with van der Waals surface area (Å²) in [6.07, 6.45) is 5.87. The van der Waals surface area contributed by atoms with Gasteiger partial charge < -0.3 is 4.57 Å². The number of ketones is 1. The van der Waals surface area contributed by atoms with Crippen molar-refractivity contribution in [3.8, 4) is 0 Å². The number of carbonyl (C=O) groups excluding carboxylic acids is 1. The van der Waals surface area contributed by atoms with Crippen LogP contribution in [0, 0.1) is 12.8 Å². The van der Waals surface area contributed by atoms with Crippen molar-refractivity contribution in [1.29, 1.82) is 0 Å². The lowest BCUT2D eigenvalue weighted by Gasteiger charge is -2.32. The lowest BCUT2D eigenvalue weighted by molar-refractivity contribution is 0.0806. The van der Waals surface area contributed by atoms with Gasteiger partial charge in [-0.2, -0.15) is 0 Å². The maximum absolute atomic E-state index is 12.9. The Kier molecular flexibility index (Phi) is 5.36. The van der Waals surface area contributed by atoms with Crippen LogP contribution in [0.2, 0.25) is 5.02 Å². The van der Waals surface area contributed by atoms with E-state index in [0.717, 1.165) is 56.0 Å². The lowest BCUT2D eigenvalue weighted by Crippen LogP contribution is -2.39. The second-order valence-electron chi connectivity index (χ2n) is 6.53. The van der Waals surface area contributed by atoms with Gasteiger partial charge in [0.1, 0.15) is 5.82 Å². The predicted molar refractivity (Wildman–Crippen MR) is 96.4 cm³/mol. The number of Topliss-reactive ketones (excluding diaryl/α,β-unsaturated/α-hetero) is 1. The summed E-state index contributed by atoms with van der Waals surface area (Å²) in [5.41, 5.74) is 1.77. The first-order valence-electron chi connectivity index (χ1n) is 8.61. The van der Waals surface area contributed by atoms with Crippen LogP contribution in [0.1, 0.15) is 41.5 Å². The van der Waals surface area contributed by atoms with E-state index < -0.39 is 0 Å². The number of aromatic nitrogens is 2. The number of halogens is 1. The monoisotopic (exact) mass is 345 g/mol. The van der Waals surface area contributed by atoms with Crippen LogP contribution in [-0.2, 0) is 13.1 Å². The zero-order chi connectivity index (χ0) is 17.1. The molecule has 0 spiro atoms. The maximum atomic E-state index is 12.9. The highest BCUT2D eigenvalue weighted by Gasteiger charge is 2.28. The molecule has 0 N–H and O–H groups in total. The molecule has 1 aromatic heterocycles. The Labute approximate surface area is 148 Å². The topological polar surface area (TPSA) is 38.1 Å². The summed E-state index contributed by atoms with van der Waals surface area (Å²) in [7, 11) is 0. The van der Waals surface area contributed by atoms with Gasteiger partial charge in [-0.05, 0) is 57.0 Å². The summed E-state index contributed by atoms with van der Waals surface area (Å²) < 4.78 is 2.16. The summed E-state index contributed by atoms with van der Waals surface area (Å²) in [5, 5.41) is 0.681. The van der Waals surface area contributed by atoms with Crippen molar-refractivity contribution in [2.24, 2.45) is 5.92 Å². The molecule has 2 aromatic rings. The average molecular weight is 346 g/mol. The summed E-state index contributed by atoms with van der Waals surface area (Å²) in [6, 6.07) is 5.54. The highest BCUT2D eigenvalue weighted by atomic mass is 35.5. The smallest absolute Gasteiger partial charge is 0.167 e. The molecule has 3 rings (SSSR count). The van der Waals surface area contributed by atoms with Crippen LogP contribution in [0.4, 0.5) is 0 Å². The minimum atomic E-state index is 0.0589. The SMILES string of the molecule is CCn1ccnc1CN1CCCC(C(=O)c2ccc(Cl)cc2C)C1. The van der Waals surface area contributed by atoms with Gasteiger partial charge in [0.05, 0.1) is 6.54 Å². The van der Waals surface area contributed by atoms with Crippen LogP contribution < -0.4 is 0 Å². The fraction of sp³-hybridized carbons (Fsp3) is 0.474. The zero-order valence-electron chi connectivity index (χ0n) is 14.3. The molecule has 0 bridgehead atoms. The highest BCUT2D eigenvalue weighted by molar-refractivity contribution is 6.30. The largest absolute Gasteiger partial charge is 0.334 e. The zero-order valence-corrected chi connectivity index (χ0v) is 15.1. The maximum Gasteiger partial charge on any atom is 0.167 e. The van der Waals surface area contributed by atoms with Crippen LogP contribution in [0.25, 0.3) is 0 Å². The number of carbonyl (C=O) groups is 1. The molecule has 1 unspecified atom stereocenters. The molecule has 1 atom stereocenters. The number of likely N-dealkylation sites (tertiary alicyclic amines) is 1. The van der Waals surface area contributed by atoms with Crippen LogP contribution in [0.5, 0.6) is 0 Å². The second-order valence-corrected chi connectivity index (χ2v) is 6.96. The molecular formula is C19H24ClN3O. The van der Waals surface area contributed by atoms with Crippen molar-refractivity contribution >= 4 is 17.4 Å². The van der Waals surface area contributed by atoms with Gasteiger partial charge in [0.25, 0.3) is 0 Å². The van der Waals surface area contributed by atoms with Gasteiger partial charge in [-0.3, -0.25) is 9.69 Å². The number of rotatable bonds is 5. The third-order valence-corrected chi connectivity index (χ3v) is 5.07. The van der Waals surface area contributed by atoms with E-state index in [-0.39, 0.29) is 11.7 Å². The van der Waals surface area contributed by atoms with Crippen molar-refractivity contribution in [2.75, 3.05) is 13.1 Å². The molecule has 1 saturated heterocycles. The molecule has 5 heteroatoms. The first kappa shape index (κ1) is 17.2. The molecular weight excluding hydrogens is 322 g/mol. The number of nitrogens with zero attached hydrogens (tertiary/aromatic N) is 3. The molecule has 1 aliphatic rings. The van der Waals surface area contributed by atoms with E-state index in [1.165, 1.54) is 0 Å². The van der Waals surface area contributed by atoms with Crippen molar-refractivity contribution < 1.29 is 4.79 Å². The molecule has 1 fully saturated rings. The first-order chi connectivity index (χ1) is 11.6. The van der Waals surface area contributed by atoms with E-state index >= 15 is 0 Å². The quantitative estimate of drug-likeness (QED) is 0.770. The molecule has 0 radical (unpaired) electrons. The highest BCUT2D eigenvalue weighted by Crippen LogP contribution is 2.25. The van der Waals surface area contributed by atoms with Gasteiger partial charge in [-0.15, -0.1) is 0 Å². The minimum Gasteiger partial charge on any atom is -0.334 e. The van der Waals surface area contributed by atoms with Crippen molar-refractivity contribution in [3.05, 3.63) is 52.6 Å². The Hall–Kier alpha value is -1.65. The number of hydrogen-bond donors (Lipinski definition) is 0. The lowest BCUT2D eigenvalue weighted by atomic mass is 9.88. The first-order valence-corrected chi connectivity index (χ1v) is 8.99. The third kappa shape index (κ3) is 3.70. The molecule has 4 nitrogen and oxygen atoms in total. The number of aryl methyl sites for hydroxylation is 2. The van der Waals surface area contributed by atoms with E-state index in [0.29, 0.717) is 5.02 Å². The van der Waals surface area contributed by atoms with Crippen LogP contribution in [0.3, 0.4) is 0 Å². The predicted octanol–water partition coefficient (Wildman–Crippen LogP) is 3.96. The summed E-state index contributed by atoms with van der Waals surface area (Å²) >= 11 is 6.01. The molecule has 0 aliphatic carbocycles. The number of imidazole rings is 1. The van der Waals surface area contributed by atoms with Crippen LogP contribution in [-0.4, -0.2) is 33.3 Å². The van der Waals surface area contributed by atoms with Gasteiger partial charge >= 0.3 is 0 Å². The van der Waals surface area contributed by atoms with Crippen LogP contribution in [0.15, 0.2) is 30.6 Å². The molecule has 0 saturated carbocycles. The van der Waals surface area contributed by atoms with Crippen LogP contribution >= 0.6 is 11.6 Å². The summed E-state index contributed by atoms with van der Waals surface area (Å²) in [6.45, 7) is 7.64. The number of piperidine rings is 1. The Morgan fingerprint density at radius 2 is 2.25 bits per heavy atom. The normalized spacial score (nSPS) is 18.7. The molecule has 24 heavy (non-hydrogen) atoms. The standard InChI is InChI=1S/C19H24ClN3O/c1-3-23-10-8-21-18(23)13-22-9-4-5-15(12-22)19(24)17-7-6-16(20)11-14(17)2/h6-8,10-11,15H,3-5,9,12-13H2,1-2H3. The number of hydrogen-bond acceptors (Lipinski definition) is 3. The number of benzene rings is 1. The minimum absolute atomic E-state index is 0.0589. The van der Waals surface area contributed by atoms with Gasteiger partial charge in [0, 0.05) is 42.0 Å². The molecule has 128 valence electrons. The fourth-order valence-corrected chi connectivity index (χ4v) is 3.74. The van der Waals surface area contributed by atoms with E-state index in [9.17, 15) is 4.79 Å². The molecule has 0 amide bonds. The van der Waals surface area contributed by atoms with Crippen molar-refractivity contribution in [2.45, 2.75) is 39.8 Å². The van der Waals surface area contributed by atoms with Gasteiger partial charge in [-0.1, -0.05) is 11.6 Å². The van der Waals surface area contributed by atoms with E-state index in [1.807, 2.05) is 31.5 Å². The van der Waals surface area contributed by atoms with Crippen molar-refractivity contribution in [3.63, 3.8) is 0 Å². The van der Waals surface area contributed by atoms with E-state index in [4.69, 9.17) is 11.6 Å². The Morgan fingerprint density at radius 3 is 3.00 bits per heavy atom. The Balaban J connectivity index is 1.70. The third-order valence-electron chi connectivity index (χ3n) is 4.84. The second kappa shape index (κ2) is 7.49.